The predicted octanol–water partition coefficient (Wildman–Crippen LogP) is 16.0. The SMILES string of the molecule is CC/C=C\C/C=C\C/C=C\C/C=C\C/C=C\CCCCCC(=O)OC[C@@H](COC(=O)CCCCCCCCCCC)OC(=O)CCCC/C=C\C/C=C\C/C=C\C/C=C\CC. The molecule has 0 N–H and O–H groups in total. The Labute approximate surface area is 374 Å². The summed E-state index contributed by atoms with van der Waals surface area (Å²) in [7, 11) is 0. The fourth-order valence-corrected chi connectivity index (χ4v) is 6.16. The van der Waals surface area contributed by atoms with Crippen LogP contribution in [0.5, 0.6) is 0 Å². The fourth-order valence-electron chi connectivity index (χ4n) is 6.16. The molecule has 0 unspecified atom stereocenters. The molecule has 0 amide bonds. The number of rotatable bonds is 42. The number of carbonyl (C=O) groups is 3. The summed E-state index contributed by atoms with van der Waals surface area (Å²) in [5.74, 6) is -0.994. The molecule has 61 heavy (non-hydrogen) atoms. The first-order valence-corrected chi connectivity index (χ1v) is 24.4. The highest BCUT2D eigenvalue weighted by Crippen LogP contribution is 2.12. The number of allylic oxidation sites excluding steroid dienone is 18. The number of carbonyl (C=O) groups excluding carboxylic acids is 3. The van der Waals surface area contributed by atoms with E-state index in [-0.39, 0.29) is 37.5 Å². The van der Waals surface area contributed by atoms with Crippen LogP contribution >= 0.6 is 0 Å². The summed E-state index contributed by atoms with van der Waals surface area (Å²) in [6.07, 6.45) is 65.1. The first-order valence-electron chi connectivity index (χ1n) is 24.4. The van der Waals surface area contributed by atoms with Gasteiger partial charge in [-0.25, -0.2) is 0 Å². The summed E-state index contributed by atoms with van der Waals surface area (Å²) in [6.45, 7) is 6.30. The van der Waals surface area contributed by atoms with Crippen molar-refractivity contribution in [1.82, 2.24) is 0 Å². The fraction of sp³-hybridized carbons (Fsp3) is 0.618. The van der Waals surface area contributed by atoms with Crippen molar-refractivity contribution in [1.29, 1.82) is 0 Å². The third-order valence-corrected chi connectivity index (χ3v) is 9.77. The van der Waals surface area contributed by atoms with Crippen LogP contribution in [0.2, 0.25) is 0 Å². The zero-order chi connectivity index (χ0) is 44.4. The first-order chi connectivity index (χ1) is 30.0. The highest BCUT2D eigenvalue weighted by atomic mass is 16.6. The topological polar surface area (TPSA) is 78.9 Å². The van der Waals surface area contributed by atoms with Crippen LogP contribution < -0.4 is 0 Å². The van der Waals surface area contributed by atoms with Gasteiger partial charge in [0.05, 0.1) is 0 Å². The van der Waals surface area contributed by atoms with Crippen molar-refractivity contribution >= 4 is 17.9 Å². The lowest BCUT2D eigenvalue weighted by molar-refractivity contribution is -0.167. The van der Waals surface area contributed by atoms with E-state index in [0.29, 0.717) is 19.3 Å². The highest BCUT2D eigenvalue weighted by molar-refractivity contribution is 5.71. The van der Waals surface area contributed by atoms with Crippen LogP contribution in [-0.4, -0.2) is 37.2 Å². The van der Waals surface area contributed by atoms with Crippen LogP contribution in [0.1, 0.15) is 201 Å². The average Bonchev–Trinajstić information content (AvgIpc) is 3.26. The Morgan fingerprint density at radius 1 is 0.344 bits per heavy atom. The van der Waals surface area contributed by atoms with E-state index in [1.165, 1.54) is 38.5 Å². The number of esters is 3. The van der Waals surface area contributed by atoms with Gasteiger partial charge in [-0.2, -0.15) is 0 Å². The van der Waals surface area contributed by atoms with Gasteiger partial charge in [-0.15, -0.1) is 0 Å². The van der Waals surface area contributed by atoms with Crippen LogP contribution in [0, 0.1) is 0 Å². The summed E-state index contributed by atoms with van der Waals surface area (Å²) in [5.41, 5.74) is 0. The van der Waals surface area contributed by atoms with E-state index in [9.17, 15) is 14.4 Å². The predicted molar refractivity (Wildman–Crippen MR) is 260 cm³/mol. The van der Waals surface area contributed by atoms with E-state index >= 15 is 0 Å². The second-order valence-corrected chi connectivity index (χ2v) is 15.6. The van der Waals surface area contributed by atoms with Crippen molar-refractivity contribution in [3.63, 3.8) is 0 Å². The maximum atomic E-state index is 12.7. The van der Waals surface area contributed by atoms with Crippen molar-refractivity contribution in [3.8, 4) is 0 Å². The van der Waals surface area contributed by atoms with Crippen LogP contribution in [0.4, 0.5) is 0 Å². The van der Waals surface area contributed by atoms with Gasteiger partial charge in [0, 0.05) is 19.3 Å². The Hall–Kier alpha value is -3.93. The van der Waals surface area contributed by atoms with Crippen molar-refractivity contribution in [2.75, 3.05) is 13.2 Å². The number of hydrogen-bond donors (Lipinski definition) is 0. The molecular weight excluding hydrogens is 757 g/mol. The molecule has 0 radical (unpaired) electrons. The van der Waals surface area contributed by atoms with Gasteiger partial charge in [0.25, 0.3) is 0 Å². The third kappa shape index (κ3) is 47.0. The molecule has 0 spiro atoms. The van der Waals surface area contributed by atoms with Gasteiger partial charge in [-0.05, 0) is 103 Å². The summed E-state index contributed by atoms with van der Waals surface area (Å²) in [4.78, 5) is 37.8. The van der Waals surface area contributed by atoms with Gasteiger partial charge in [-0.3, -0.25) is 14.4 Å². The molecule has 0 aromatic rings. The maximum Gasteiger partial charge on any atom is 0.306 e. The Bertz CT molecular complexity index is 1290. The molecular formula is C55H88O6. The molecule has 6 heteroatoms. The minimum Gasteiger partial charge on any atom is -0.462 e. The summed E-state index contributed by atoms with van der Waals surface area (Å²) in [5, 5.41) is 0. The molecule has 344 valence electrons. The Balaban J connectivity index is 4.48. The normalized spacial score (nSPS) is 13.0. The smallest absolute Gasteiger partial charge is 0.306 e. The molecule has 0 rings (SSSR count). The minimum absolute atomic E-state index is 0.107. The molecule has 0 aliphatic carbocycles. The van der Waals surface area contributed by atoms with Gasteiger partial charge in [0.2, 0.25) is 0 Å². The van der Waals surface area contributed by atoms with Crippen LogP contribution in [0.15, 0.2) is 109 Å². The van der Waals surface area contributed by atoms with E-state index in [1.54, 1.807) is 0 Å². The number of unbranched alkanes of at least 4 members (excludes halogenated alkanes) is 13. The number of hydrogen-bond acceptors (Lipinski definition) is 6. The highest BCUT2D eigenvalue weighted by Gasteiger charge is 2.19. The third-order valence-electron chi connectivity index (χ3n) is 9.77. The molecule has 0 saturated carbocycles. The van der Waals surface area contributed by atoms with Gasteiger partial charge in [0.1, 0.15) is 13.2 Å². The molecule has 0 aromatic heterocycles. The lowest BCUT2D eigenvalue weighted by Gasteiger charge is -2.18. The molecule has 0 fully saturated rings. The summed E-state index contributed by atoms with van der Waals surface area (Å²) in [6, 6.07) is 0. The standard InChI is InChI=1S/C55H88O6/c1-4-7-10-13-16-19-21-23-25-26-27-28-30-31-33-36-39-42-45-48-54(57)60-51-52(50-59-53(56)47-44-41-38-35-18-15-12-9-6-3)61-55(58)49-46-43-40-37-34-32-29-24-22-20-17-14-11-8-5-2/h7-8,10-11,16-17,19-20,23-25,27-29,31,33-34,37,52H,4-6,9,12-15,18,21-22,26,30,32,35-36,38-51H2,1-3H3/b10-7-,11-8-,19-16-,20-17-,25-23-,28-27-,29-24-,33-31-,37-34-/t52-/m1/s1. The summed E-state index contributed by atoms with van der Waals surface area (Å²) < 4.78 is 16.7. The molecule has 0 aromatic carbocycles. The van der Waals surface area contributed by atoms with E-state index in [4.69, 9.17) is 14.2 Å². The first kappa shape index (κ1) is 57.1. The van der Waals surface area contributed by atoms with E-state index in [2.05, 4.69) is 130 Å². The van der Waals surface area contributed by atoms with Crippen LogP contribution in [0.3, 0.4) is 0 Å². The maximum absolute atomic E-state index is 12.7. The largest absolute Gasteiger partial charge is 0.462 e. The van der Waals surface area contributed by atoms with E-state index in [1.807, 2.05) is 0 Å². The average molecular weight is 845 g/mol. The van der Waals surface area contributed by atoms with Crippen molar-refractivity contribution in [3.05, 3.63) is 109 Å². The number of ether oxygens (including phenoxy) is 3. The molecule has 1 atom stereocenters. The summed E-state index contributed by atoms with van der Waals surface area (Å²) >= 11 is 0. The van der Waals surface area contributed by atoms with Crippen LogP contribution in [-0.2, 0) is 28.6 Å². The molecule has 0 bridgehead atoms. The lowest BCUT2D eigenvalue weighted by Crippen LogP contribution is -2.30. The van der Waals surface area contributed by atoms with E-state index in [0.717, 1.165) is 116 Å². The van der Waals surface area contributed by atoms with Crippen LogP contribution in [0.25, 0.3) is 0 Å². The van der Waals surface area contributed by atoms with Gasteiger partial charge in [0.15, 0.2) is 6.10 Å². The Kier molecular flexibility index (Phi) is 45.6. The second-order valence-electron chi connectivity index (χ2n) is 15.6. The monoisotopic (exact) mass is 845 g/mol. The molecule has 0 heterocycles. The van der Waals surface area contributed by atoms with Gasteiger partial charge < -0.3 is 14.2 Å². The van der Waals surface area contributed by atoms with Crippen molar-refractivity contribution in [2.45, 2.75) is 207 Å². The van der Waals surface area contributed by atoms with E-state index < -0.39 is 6.10 Å². The van der Waals surface area contributed by atoms with Crippen molar-refractivity contribution in [2.24, 2.45) is 0 Å². The molecule has 0 aliphatic heterocycles. The van der Waals surface area contributed by atoms with Gasteiger partial charge >= 0.3 is 17.9 Å². The minimum atomic E-state index is -0.812. The molecule has 0 saturated heterocycles. The zero-order valence-electron chi connectivity index (χ0n) is 39.1. The molecule has 6 nitrogen and oxygen atoms in total. The Morgan fingerprint density at radius 3 is 1.03 bits per heavy atom. The van der Waals surface area contributed by atoms with Gasteiger partial charge in [-0.1, -0.05) is 188 Å². The molecule has 0 aliphatic rings. The van der Waals surface area contributed by atoms with Crippen molar-refractivity contribution < 1.29 is 28.6 Å². The quantitative estimate of drug-likeness (QED) is 0.0264. The second kappa shape index (κ2) is 48.7. The zero-order valence-corrected chi connectivity index (χ0v) is 39.1. The lowest BCUT2D eigenvalue weighted by atomic mass is 10.1. The Morgan fingerprint density at radius 2 is 0.639 bits per heavy atom.